The van der Waals surface area contributed by atoms with Crippen LogP contribution >= 0.6 is 0 Å². The maximum Gasteiger partial charge on any atom is 0.197 e. The number of rotatable bonds is 2. The van der Waals surface area contributed by atoms with Crippen molar-refractivity contribution in [3.05, 3.63) is 128 Å². The van der Waals surface area contributed by atoms with Gasteiger partial charge in [-0.05, 0) is 24.3 Å². The van der Waals surface area contributed by atoms with Gasteiger partial charge in [0, 0.05) is 71.0 Å². The van der Waals surface area contributed by atoms with Crippen LogP contribution in [0, 0.1) is 34.9 Å². The molecule has 0 radical (unpaired) electrons. The molecule has 4 nitrogen and oxygen atoms in total. The molecule has 0 unspecified atom stereocenters. The number of fused-ring (bicyclic) bond motifs is 4. The summed E-state index contributed by atoms with van der Waals surface area (Å²) in [5.41, 5.74) is -1.14. The molecular weight excluding hydrogens is 582 g/mol. The number of aromatic nitrogens is 2. The van der Waals surface area contributed by atoms with E-state index < -0.39 is 56.9 Å². The fourth-order valence-electron chi connectivity index (χ4n) is 6.21. The Balaban J connectivity index is 1.61. The van der Waals surface area contributed by atoms with Crippen molar-refractivity contribution in [2.75, 3.05) is 0 Å². The summed E-state index contributed by atoms with van der Waals surface area (Å²) >= 11 is 0. The van der Waals surface area contributed by atoms with Gasteiger partial charge < -0.3 is 9.13 Å². The molecule has 0 atom stereocenters. The second-order valence-electron chi connectivity index (χ2n) is 10.6. The SMILES string of the molecule is Cn1c2cc3c(=O)c4cccc(-c5c(F)cc(F)cc5F)c4n(C)c3cc2c(=O)c2cccc(-c3c(F)cc(F)cc3F)c21. The van der Waals surface area contributed by atoms with E-state index in [1.54, 1.807) is 14.1 Å². The molecule has 7 aromatic rings. The summed E-state index contributed by atoms with van der Waals surface area (Å²) in [6.07, 6.45) is 0. The molecule has 0 saturated carbocycles. The van der Waals surface area contributed by atoms with Crippen LogP contribution in [0.25, 0.3) is 65.9 Å². The molecule has 0 spiro atoms. The van der Waals surface area contributed by atoms with Crippen molar-refractivity contribution in [3.8, 4) is 22.3 Å². The van der Waals surface area contributed by atoms with E-state index >= 15 is 0 Å². The first-order chi connectivity index (χ1) is 21.0. The smallest absolute Gasteiger partial charge is 0.197 e. The van der Waals surface area contributed by atoms with E-state index in [9.17, 15) is 35.9 Å². The Morgan fingerprint density at radius 1 is 0.477 bits per heavy atom. The fraction of sp³-hybridized carbons (Fsp3) is 0.0588. The standard InChI is InChI=1S/C34H18F6N2O2/c1-41-27-13-22-28(42(2)32-18(6-4-8-20(32)34(22)44)30-25(39)11-16(36)12-26(30)40)14-21(27)33(43)19-7-3-5-17(31(19)41)29-23(37)9-15(35)10-24(29)38/h3-14H,1-2H3. The zero-order valence-corrected chi connectivity index (χ0v) is 22.9. The summed E-state index contributed by atoms with van der Waals surface area (Å²) in [5, 5.41) is 0.551. The lowest BCUT2D eigenvalue weighted by molar-refractivity contribution is 0.547. The van der Waals surface area contributed by atoms with Gasteiger partial charge >= 0.3 is 0 Å². The molecule has 10 heteroatoms. The molecule has 0 saturated heterocycles. The summed E-state index contributed by atoms with van der Waals surface area (Å²) < 4.78 is 89.9. The highest BCUT2D eigenvalue weighted by molar-refractivity contribution is 6.07. The number of benzene rings is 5. The van der Waals surface area contributed by atoms with Crippen LogP contribution in [0.4, 0.5) is 26.3 Å². The van der Waals surface area contributed by atoms with Crippen LogP contribution < -0.4 is 10.9 Å². The average molecular weight is 601 g/mol. The lowest BCUT2D eigenvalue weighted by Crippen LogP contribution is -2.14. The number of aryl methyl sites for hydroxylation is 2. The largest absolute Gasteiger partial charge is 0.343 e. The van der Waals surface area contributed by atoms with Crippen LogP contribution in [0.15, 0.2) is 82.4 Å². The normalized spacial score (nSPS) is 11.8. The topological polar surface area (TPSA) is 44.0 Å². The Hall–Kier alpha value is -5.38. The van der Waals surface area contributed by atoms with Crippen LogP contribution in [0.3, 0.4) is 0 Å². The van der Waals surface area contributed by atoms with Crippen LogP contribution in [0.2, 0.25) is 0 Å². The highest BCUT2D eigenvalue weighted by Gasteiger charge is 2.23. The van der Waals surface area contributed by atoms with Crippen molar-refractivity contribution in [2.24, 2.45) is 14.1 Å². The third-order valence-electron chi connectivity index (χ3n) is 8.11. The Kier molecular flexibility index (Phi) is 5.97. The van der Waals surface area contributed by atoms with E-state index in [1.807, 2.05) is 0 Å². The zero-order chi connectivity index (χ0) is 31.2. The third kappa shape index (κ3) is 3.80. The van der Waals surface area contributed by atoms with Gasteiger partial charge in [0.2, 0.25) is 0 Å². The fourth-order valence-corrected chi connectivity index (χ4v) is 6.21. The highest BCUT2D eigenvalue weighted by atomic mass is 19.2. The number of halogens is 6. The maximum atomic E-state index is 14.9. The van der Waals surface area contributed by atoms with Crippen molar-refractivity contribution >= 4 is 43.6 Å². The van der Waals surface area contributed by atoms with Gasteiger partial charge in [0.25, 0.3) is 0 Å². The van der Waals surface area contributed by atoms with Crippen molar-refractivity contribution in [1.29, 1.82) is 0 Å². The summed E-state index contributed by atoms with van der Waals surface area (Å²) in [5.74, 6) is -6.77. The highest BCUT2D eigenvalue weighted by Crippen LogP contribution is 2.36. The van der Waals surface area contributed by atoms with Gasteiger partial charge in [-0.15, -0.1) is 0 Å². The van der Waals surface area contributed by atoms with E-state index in [-0.39, 0.29) is 54.7 Å². The van der Waals surface area contributed by atoms with Gasteiger partial charge in [0.05, 0.1) is 33.2 Å². The van der Waals surface area contributed by atoms with Gasteiger partial charge in [0.1, 0.15) is 34.9 Å². The molecule has 2 heterocycles. The van der Waals surface area contributed by atoms with Crippen LogP contribution in [0.1, 0.15) is 0 Å². The summed E-state index contributed by atoms with van der Waals surface area (Å²) in [4.78, 5) is 27.8. The van der Waals surface area contributed by atoms with Gasteiger partial charge in [-0.2, -0.15) is 0 Å². The molecule has 0 aliphatic rings. The Bertz CT molecular complexity index is 2310. The van der Waals surface area contributed by atoms with Crippen LogP contribution in [0.5, 0.6) is 0 Å². The number of nitrogens with zero attached hydrogens (tertiary/aromatic N) is 2. The van der Waals surface area contributed by atoms with Crippen LogP contribution in [-0.4, -0.2) is 9.13 Å². The van der Waals surface area contributed by atoms with Crippen molar-refractivity contribution in [3.63, 3.8) is 0 Å². The number of pyridine rings is 2. The first kappa shape index (κ1) is 27.5. The summed E-state index contributed by atoms with van der Waals surface area (Å²) in [7, 11) is 3.14. The molecule has 0 bridgehead atoms. The number of hydrogen-bond acceptors (Lipinski definition) is 2. The molecule has 0 aliphatic carbocycles. The molecule has 0 amide bonds. The van der Waals surface area contributed by atoms with Gasteiger partial charge in [-0.3, -0.25) is 9.59 Å². The molecule has 0 aliphatic heterocycles. The zero-order valence-electron chi connectivity index (χ0n) is 22.9. The van der Waals surface area contributed by atoms with E-state index in [2.05, 4.69) is 0 Å². The molecule has 218 valence electrons. The molecule has 44 heavy (non-hydrogen) atoms. The predicted molar refractivity (Wildman–Crippen MR) is 158 cm³/mol. The monoisotopic (exact) mass is 600 g/mol. The Labute approximate surface area is 243 Å². The molecule has 5 aromatic carbocycles. The minimum absolute atomic E-state index is 0.0125. The van der Waals surface area contributed by atoms with E-state index in [4.69, 9.17) is 0 Å². The van der Waals surface area contributed by atoms with Crippen molar-refractivity contribution in [1.82, 2.24) is 9.13 Å². The lowest BCUT2D eigenvalue weighted by atomic mass is 9.97. The van der Waals surface area contributed by atoms with Gasteiger partial charge in [-0.25, -0.2) is 26.3 Å². The van der Waals surface area contributed by atoms with Crippen molar-refractivity contribution < 1.29 is 26.3 Å². The molecule has 0 N–H and O–H groups in total. The number of hydrogen-bond donors (Lipinski definition) is 0. The summed E-state index contributed by atoms with van der Waals surface area (Å²) in [6.45, 7) is 0. The van der Waals surface area contributed by atoms with E-state index in [0.717, 1.165) is 0 Å². The molecule has 0 fully saturated rings. The average Bonchev–Trinajstić information content (AvgIpc) is 2.97. The number of para-hydroxylation sites is 2. The quantitative estimate of drug-likeness (QED) is 0.150. The first-order valence-corrected chi connectivity index (χ1v) is 13.3. The third-order valence-corrected chi connectivity index (χ3v) is 8.11. The molecule has 7 rings (SSSR count). The van der Waals surface area contributed by atoms with Crippen LogP contribution in [-0.2, 0) is 14.1 Å². The van der Waals surface area contributed by atoms with Gasteiger partial charge in [0.15, 0.2) is 10.9 Å². The minimum atomic E-state index is -1.15. The van der Waals surface area contributed by atoms with Crippen molar-refractivity contribution in [2.45, 2.75) is 0 Å². The first-order valence-electron chi connectivity index (χ1n) is 13.3. The second kappa shape index (κ2) is 9.57. The molecular formula is C34H18F6N2O2. The Morgan fingerprint density at radius 3 is 1.16 bits per heavy atom. The second-order valence-corrected chi connectivity index (χ2v) is 10.6. The lowest BCUT2D eigenvalue weighted by Gasteiger charge is -2.18. The molecule has 2 aromatic heterocycles. The summed E-state index contributed by atoms with van der Waals surface area (Å²) in [6, 6.07) is 13.9. The predicted octanol–water partition coefficient (Wildman–Crippen LogP) is 7.87. The Morgan fingerprint density at radius 2 is 0.818 bits per heavy atom. The van der Waals surface area contributed by atoms with Gasteiger partial charge in [-0.1, -0.05) is 24.3 Å². The minimum Gasteiger partial charge on any atom is -0.343 e. The van der Waals surface area contributed by atoms with E-state index in [1.165, 1.54) is 57.7 Å². The maximum absolute atomic E-state index is 14.9. The van der Waals surface area contributed by atoms with E-state index in [0.29, 0.717) is 24.3 Å².